The Kier molecular flexibility index (Phi) is 8.02. The predicted molar refractivity (Wildman–Crippen MR) is 131 cm³/mol. The van der Waals surface area contributed by atoms with Crippen LogP contribution in [-0.4, -0.2) is 29.6 Å². The van der Waals surface area contributed by atoms with Gasteiger partial charge in [0.1, 0.15) is 5.82 Å². The molecule has 1 amide bonds. The van der Waals surface area contributed by atoms with E-state index in [9.17, 15) is 9.59 Å². The van der Waals surface area contributed by atoms with E-state index in [1.54, 1.807) is 31.4 Å². The molecule has 0 radical (unpaired) electrons. The number of aromatic nitrogens is 2. The van der Waals surface area contributed by atoms with Crippen LogP contribution in [0.1, 0.15) is 32.0 Å². The summed E-state index contributed by atoms with van der Waals surface area (Å²) in [6.45, 7) is 6.70. The Morgan fingerprint density at radius 1 is 1.15 bits per heavy atom. The van der Waals surface area contributed by atoms with E-state index in [1.807, 2.05) is 31.2 Å². The molecule has 0 saturated heterocycles. The first-order valence-electron chi connectivity index (χ1n) is 10.9. The SMILES string of the molecule is CCc1cc(=O)[nH]c(-c2cccc(NC(=O)/C=C/c3ccc(OCC(C)C)c(OC)c3)c2)n1. The first-order valence-corrected chi connectivity index (χ1v) is 10.9. The molecule has 172 valence electrons. The fourth-order valence-electron chi connectivity index (χ4n) is 3.09. The number of nitrogens with one attached hydrogen (secondary N) is 2. The van der Waals surface area contributed by atoms with Gasteiger partial charge in [-0.15, -0.1) is 0 Å². The summed E-state index contributed by atoms with van der Waals surface area (Å²) in [5.74, 6) is 1.88. The second-order valence-corrected chi connectivity index (χ2v) is 7.96. The number of benzene rings is 2. The van der Waals surface area contributed by atoms with E-state index in [1.165, 1.54) is 12.1 Å². The Hall–Kier alpha value is -3.87. The van der Waals surface area contributed by atoms with Gasteiger partial charge in [-0.05, 0) is 48.2 Å². The molecule has 0 aliphatic rings. The zero-order chi connectivity index (χ0) is 23.8. The van der Waals surface area contributed by atoms with Gasteiger partial charge >= 0.3 is 0 Å². The van der Waals surface area contributed by atoms with Crippen LogP contribution in [-0.2, 0) is 11.2 Å². The van der Waals surface area contributed by atoms with Gasteiger partial charge in [-0.25, -0.2) is 4.98 Å². The molecule has 0 atom stereocenters. The number of rotatable bonds is 9. The van der Waals surface area contributed by atoms with E-state index in [0.717, 1.165) is 5.56 Å². The zero-order valence-electron chi connectivity index (χ0n) is 19.3. The number of carbonyl (C=O) groups is 1. The summed E-state index contributed by atoms with van der Waals surface area (Å²) < 4.78 is 11.2. The number of aryl methyl sites for hydroxylation is 1. The van der Waals surface area contributed by atoms with Crippen molar-refractivity contribution >= 4 is 17.7 Å². The lowest BCUT2D eigenvalue weighted by molar-refractivity contribution is -0.111. The Morgan fingerprint density at radius 3 is 2.70 bits per heavy atom. The highest BCUT2D eigenvalue weighted by Gasteiger charge is 2.08. The van der Waals surface area contributed by atoms with E-state index < -0.39 is 0 Å². The van der Waals surface area contributed by atoms with Gasteiger partial charge in [0.2, 0.25) is 5.91 Å². The lowest BCUT2D eigenvalue weighted by Crippen LogP contribution is -2.10. The van der Waals surface area contributed by atoms with Gasteiger partial charge < -0.3 is 19.8 Å². The second kappa shape index (κ2) is 11.1. The van der Waals surface area contributed by atoms with Crippen LogP contribution < -0.4 is 20.3 Å². The van der Waals surface area contributed by atoms with Crippen LogP contribution in [0.4, 0.5) is 5.69 Å². The van der Waals surface area contributed by atoms with Crippen LogP contribution in [0.5, 0.6) is 11.5 Å². The molecule has 0 aliphatic carbocycles. The molecule has 2 N–H and O–H groups in total. The van der Waals surface area contributed by atoms with E-state index in [4.69, 9.17) is 9.47 Å². The van der Waals surface area contributed by atoms with Crippen molar-refractivity contribution in [2.45, 2.75) is 27.2 Å². The molecule has 3 aromatic rings. The number of anilines is 1. The molecule has 2 aromatic carbocycles. The van der Waals surface area contributed by atoms with Crippen molar-refractivity contribution in [1.29, 1.82) is 0 Å². The maximum absolute atomic E-state index is 12.5. The highest BCUT2D eigenvalue weighted by Crippen LogP contribution is 2.29. The van der Waals surface area contributed by atoms with E-state index >= 15 is 0 Å². The molecule has 0 saturated carbocycles. The van der Waals surface area contributed by atoms with Crippen LogP contribution in [0.3, 0.4) is 0 Å². The van der Waals surface area contributed by atoms with Gasteiger partial charge in [-0.3, -0.25) is 9.59 Å². The standard InChI is InChI=1S/C26H29N3O4/c1-5-20-15-25(31)29-26(28-20)19-7-6-8-21(14-19)27-24(30)12-10-18-9-11-22(23(13-18)32-4)33-16-17(2)3/h6-15,17H,5,16H2,1-4H3,(H,27,30)(H,28,29,31)/b12-10+. The Balaban J connectivity index is 1.70. The number of carbonyl (C=O) groups excluding carboxylic acids is 1. The van der Waals surface area contributed by atoms with Crippen molar-refractivity contribution in [3.63, 3.8) is 0 Å². The number of H-pyrrole nitrogens is 1. The Morgan fingerprint density at radius 2 is 1.97 bits per heavy atom. The topological polar surface area (TPSA) is 93.3 Å². The molecule has 7 nitrogen and oxygen atoms in total. The van der Waals surface area contributed by atoms with Crippen molar-refractivity contribution in [1.82, 2.24) is 9.97 Å². The number of methoxy groups -OCH3 is 1. The molecule has 7 heteroatoms. The molecule has 0 unspecified atom stereocenters. The van der Waals surface area contributed by atoms with Crippen LogP contribution in [0.15, 0.2) is 59.4 Å². The summed E-state index contributed by atoms with van der Waals surface area (Å²) in [6.07, 6.45) is 3.82. The van der Waals surface area contributed by atoms with Crippen molar-refractivity contribution in [2.75, 3.05) is 19.0 Å². The molecule has 0 aliphatic heterocycles. The lowest BCUT2D eigenvalue weighted by atomic mass is 10.1. The molecule has 3 rings (SSSR count). The normalized spacial score (nSPS) is 11.1. The monoisotopic (exact) mass is 447 g/mol. The summed E-state index contributed by atoms with van der Waals surface area (Å²) >= 11 is 0. The Bertz CT molecular complexity index is 1200. The molecule has 0 spiro atoms. The van der Waals surface area contributed by atoms with Crippen LogP contribution >= 0.6 is 0 Å². The van der Waals surface area contributed by atoms with Gasteiger partial charge in [-0.1, -0.05) is 39.0 Å². The highest BCUT2D eigenvalue weighted by molar-refractivity contribution is 6.02. The summed E-state index contributed by atoms with van der Waals surface area (Å²) in [7, 11) is 1.59. The van der Waals surface area contributed by atoms with Crippen LogP contribution in [0.2, 0.25) is 0 Å². The molecule has 33 heavy (non-hydrogen) atoms. The maximum Gasteiger partial charge on any atom is 0.251 e. The fraction of sp³-hybridized carbons (Fsp3) is 0.269. The molecule has 0 fully saturated rings. The van der Waals surface area contributed by atoms with Crippen LogP contribution in [0.25, 0.3) is 17.5 Å². The second-order valence-electron chi connectivity index (χ2n) is 7.96. The summed E-state index contributed by atoms with van der Waals surface area (Å²) in [4.78, 5) is 31.5. The van der Waals surface area contributed by atoms with Gasteiger partial charge in [0.05, 0.1) is 13.7 Å². The average molecular weight is 448 g/mol. The third-order valence-electron chi connectivity index (χ3n) is 4.75. The molecule has 1 aromatic heterocycles. The third kappa shape index (κ3) is 6.80. The number of hydrogen-bond acceptors (Lipinski definition) is 5. The Labute approximate surface area is 193 Å². The summed E-state index contributed by atoms with van der Waals surface area (Å²) in [6, 6.07) is 14.2. The number of hydrogen-bond donors (Lipinski definition) is 2. The number of nitrogens with zero attached hydrogens (tertiary/aromatic N) is 1. The highest BCUT2D eigenvalue weighted by atomic mass is 16.5. The van der Waals surface area contributed by atoms with Gasteiger partial charge in [0.15, 0.2) is 11.5 Å². The van der Waals surface area contributed by atoms with Crippen molar-refractivity contribution in [2.24, 2.45) is 5.92 Å². The molecular weight excluding hydrogens is 418 g/mol. The summed E-state index contributed by atoms with van der Waals surface area (Å²) in [5.41, 5.74) is 2.63. The first kappa shape index (κ1) is 23.8. The number of ether oxygens (including phenoxy) is 2. The van der Waals surface area contributed by atoms with Gasteiger partial charge in [0.25, 0.3) is 5.56 Å². The number of aromatic amines is 1. The minimum Gasteiger partial charge on any atom is -0.493 e. The van der Waals surface area contributed by atoms with Crippen molar-refractivity contribution < 1.29 is 14.3 Å². The van der Waals surface area contributed by atoms with Crippen LogP contribution in [0, 0.1) is 5.92 Å². The van der Waals surface area contributed by atoms with Gasteiger partial charge in [0, 0.05) is 29.1 Å². The van der Waals surface area contributed by atoms with Crippen molar-refractivity contribution in [3.8, 4) is 22.9 Å². The smallest absolute Gasteiger partial charge is 0.251 e. The quantitative estimate of drug-likeness (QED) is 0.464. The van der Waals surface area contributed by atoms with E-state index in [0.29, 0.717) is 53.2 Å². The van der Waals surface area contributed by atoms with Gasteiger partial charge in [-0.2, -0.15) is 0 Å². The maximum atomic E-state index is 12.5. The number of amides is 1. The van der Waals surface area contributed by atoms with E-state index in [2.05, 4.69) is 29.1 Å². The first-order chi connectivity index (χ1) is 15.9. The molecule has 1 heterocycles. The van der Waals surface area contributed by atoms with Crippen molar-refractivity contribution in [3.05, 3.63) is 76.2 Å². The third-order valence-corrected chi connectivity index (χ3v) is 4.75. The average Bonchev–Trinajstić information content (AvgIpc) is 2.81. The molecule has 0 bridgehead atoms. The fourth-order valence-corrected chi connectivity index (χ4v) is 3.09. The predicted octanol–water partition coefficient (Wildman–Crippen LogP) is 4.69. The zero-order valence-corrected chi connectivity index (χ0v) is 19.3. The molecular formula is C26H29N3O4. The van der Waals surface area contributed by atoms with E-state index in [-0.39, 0.29) is 11.5 Å². The summed E-state index contributed by atoms with van der Waals surface area (Å²) in [5, 5.41) is 2.84. The lowest BCUT2D eigenvalue weighted by Gasteiger charge is -2.12. The minimum atomic E-state index is -0.282. The minimum absolute atomic E-state index is 0.203. The largest absolute Gasteiger partial charge is 0.493 e.